The van der Waals surface area contributed by atoms with E-state index >= 15 is 0 Å². The summed E-state index contributed by atoms with van der Waals surface area (Å²) in [6.45, 7) is 5.61. The SMILES string of the molecule is CCC(C)C(C)C(=O)N(C(=O)[C@H](CC(=O)O)NC(=O)CCCCCCCCN=C(N)N)[C@H](C(=O)O)C(N)CCN=C(N)N. The molecule has 246 valence electrons. The van der Waals surface area contributed by atoms with Crippen molar-refractivity contribution in [2.45, 2.75) is 103 Å². The van der Waals surface area contributed by atoms with Gasteiger partial charge in [0, 0.05) is 31.5 Å². The Kier molecular flexibility index (Phi) is 18.9. The molecule has 0 spiro atoms. The van der Waals surface area contributed by atoms with Crippen molar-refractivity contribution in [3.05, 3.63) is 0 Å². The Hall–Kier alpha value is -3.95. The minimum Gasteiger partial charge on any atom is -0.481 e. The third kappa shape index (κ3) is 15.7. The Morgan fingerprint density at radius 3 is 1.86 bits per heavy atom. The number of nitrogens with zero attached hydrogens (tertiary/aromatic N) is 3. The van der Waals surface area contributed by atoms with Gasteiger partial charge in [0.25, 0.3) is 5.91 Å². The topological polar surface area (TPSA) is 296 Å². The molecule has 0 saturated heterocycles. The number of guanidine groups is 2. The van der Waals surface area contributed by atoms with Crippen LogP contribution >= 0.6 is 0 Å². The maximum Gasteiger partial charge on any atom is 0.328 e. The second-order valence-corrected chi connectivity index (χ2v) is 10.7. The van der Waals surface area contributed by atoms with Crippen molar-refractivity contribution in [3.8, 4) is 0 Å². The average molecular weight is 614 g/mol. The van der Waals surface area contributed by atoms with E-state index in [4.69, 9.17) is 28.7 Å². The van der Waals surface area contributed by atoms with Gasteiger partial charge in [0.1, 0.15) is 6.04 Å². The van der Waals surface area contributed by atoms with E-state index in [0.717, 1.165) is 32.1 Å². The summed E-state index contributed by atoms with van der Waals surface area (Å²) in [5.41, 5.74) is 27.3. The summed E-state index contributed by atoms with van der Waals surface area (Å²) in [5.74, 6) is -6.85. The summed E-state index contributed by atoms with van der Waals surface area (Å²) < 4.78 is 0. The van der Waals surface area contributed by atoms with E-state index in [1.165, 1.54) is 0 Å². The van der Waals surface area contributed by atoms with Crippen LogP contribution in [0, 0.1) is 11.8 Å². The van der Waals surface area contributed by atoms with Crippen LogP contribution in [0.5, 0.6) is 0 Å². The highest BCUT2D eigenvalue weighted by Crippen LogP contribution is 2.22. The number of hydrogen-bond donors (Lipinski definition) is 8. The molecule has 5 atom stereocenters. The van der Waals surface area contributed by atoms with Crippen molar-refractivity contribution in [1.82, 2.24) is 10.2 Å². The number of nitrogens with one attached hydrogen (secondary N) is 1. The van der Waals surface area contributed by atoms with Gasteiger partial charge in [-0.25, -0.2) is 4.79 Å². The van der Waals surface area contributed by atoms with E-state index in [2.05, 4.69) is 15.3 Å². The highest BCUT2D eigenvalue weighted by atomic mass is 16.4. The number of aliphatic carboxylic acids is 2. The number of aliphatic imine (C=N–C) groups is 2. The Bertz CT molecular complexity index is 982. The molecule has 0 saturated carbocycles. The molecule has 43 heavy (non-hydrogen) atoms. The normalized spacial score (nSPS) is 14.3. The summed E-state index contributed by atoms with van der Waals surface area (Å²) in [6, 6.07) is -4.85. The van der Waals surface area contributed by atoms with Crippen LogP contribution in [-0.4, -0.2) is 87.9 Å². The van der Waals surface area contributed by atoms with Crippen molar-refractivity contribution in [2.75, 3.05) is 13.1 Å². The van der Waals surface area contributed by atoms with E-state index in [-0.39, 0.29) is 37.2 Å². The molecule has 0 aliphatic carbocycles. The minimum atomic E-state index is -1.86. The van der Waals surface area contributed by atoms with E-state index in [0.29, 0.717) is 24.3 Å². The lowest BCUT2D eigenvalue weighted by Crippen LogP contribution is -2.62. The zero-order valence-electron chi connectivity index (χ0n) is 25.5. The number of carboxylic acid groups (broad SMARTS) is 2. The maximum absolute atomic E-state index is 13.8. The third-order valence-electron chi connectivity index (χ3n) is 7.17. The smallest absolute Gasteiger partial charge is 0.328 e. The van der Waals surface area contributed by atoms with Crippen LogP contribution < -0.4 is 34.0 Å². The van der Waals surface area contributed by atoms with Crippen LogP contribution in [-0.2, 0) is 24.0 Å². The number of carboxylic acids is 2. The highest BCUT2D eigenvalue weighted by Gasteiger charge is 2.44. The molecule has 13 N–H and O–H groups in total. The van der Waals surface area contributed by atoms with Crippen molar-refractivity contribution < 1.29 is 34.2 Å². The second kappa shape index (κ2) is 20.9. The van der Waals surface area contributed by atoms with E-state index in [9.17, 15) is 34.2 Å². The summed E-state index contributed by atoms with van der Waals surface area (Å²) in [7, 11) is 0. The van der Waals surface area contributed by atoms with Gasteiger partial charge in [-0.1, -0.05) is 52.9 Å². The predicted octanol–water partition coefficient (Wildman–Crippen LogP) is -0.569. The average Bonchev–Trinajstić information content (AvgIpc) is 2.91. The van der Waals surface area contributed by atoms with E-state index in [1.54, 1.807) is 13.8 Å². The molecule has 3 amide bonds. The van der Waals surface area contributed by atoms with Gasteiger partial charge < -0.3 is 44.2 Å². The molecule has 0 aromatic carbocycles. The van der Waals surface area contributed by atoms with Crippen molar-refractivity contribution in [2.24, 2.45) is 50.5 Å². The van der Waals surface area contributed by atoms with Crippen molar-refractivity contribution in [3.63, 3.8) is 0 Å². The molecule has 0 aromatic rings. The number of amides is 3. The summed E-state index contributed by atoms with van der Waals surface area (Å²) in [5, 5.41) is 21.9. The molecule has 0 aliphatic rings. The quantitative estimate of drug-likeness (QED) is 0.0432. The summed E-state index contributed by atoms with van der Waals surface area (Å²) >= 11 is 0. The maximum atomic E-state index is 13.8. The lowest BCUT2D eigenvalue weighted by atomic mass is 9.90. The van der Waals surface area contributed by atoms with Gasteiger partial charge in [-0.05, 0) is 25.2 Å². The van der Waals surface area contributed by atoms with Crippen LogP contribution in [0.3, 0.4) is 0 Å². The number of unbranched alkanes of at least 4 members (excludes halogenated alkanes) is 5. The van der Waals surface area contributed by atoms with Gasteiger partial charge in [0.2, 0.25) is 11.8 Å². The first-order valence-electron chi connectivity index (χ1n) is 14.6. The lowest BCUT2D eigenvalue weighted by molar-refractivity contribution is -0.163. The van der Waals surface area contributed by atoms with Gasteiger partial charge >= 0.3 is 11.9 Å². The van der Waals surface area contributed by atoms with Crippen LogP contribution in [0.25, 0.3) is 0 Å². The third-order valence-corrected chi connectivity index (χ3v) is 7.17. The Morgan fingerprint density at radius 1 is 0.814 bits per heavy atom. The molecule has 0 aliphatic heterocycles. The zero-order chi connectivity index (χ0) is 33.1. The molecule has 16 heteroatoms. The largest absolute Gasteiger partial charge is 0.481 e. The number of carbonyl (C=O) groups excluding carboxylic acids is 3. The van der Waals surface area contributed by atoms with Gasteiger partial charge in [-0.2, -0.15) is 0 Å². The fourth-order valence-electron chi connectivity index (χ4n) is 4.31. The van der Waals surface area contributed by atoms with E-state index < -0.39 is 60.1 Å². The highest BCUT2D eigenvalue weighted by molar-refractivity contribution is 6.04. The fraction of sp³-hybridized carbons (Fsp3) is 0.741. The van der Waals surface area contributed by atoms with E-state index in [1.807, 2.05) is 6.92 Å². The number of rotatable bonds is 22. The predicted molar refractivity (Wildman–Crippen MR) is 162 cm³/mol. The molecule has 0 heterocycles. The Labute approximate surface area is 252 Å². The van der Waals surface area contributed by atoms with Crippen molar-refractivity contribution in [1.29, 1.82) is 0 Å². The minimum absolute atomic E-state index is 0.00893. The summed E-state index contributed by atoms with van der Waals surface area (Å²) in [6.07, 6.45) is 4.29. The number of carbonyl (C=O) groups is 5. The van der Waals surface area contributed by atoms with Gasteiger partial charge in [0.05, 0.1) is 6.42 Å². The Balaban J connectivity index is 5.78. The lowest BCUT2D eigenvalue weighted by Gasteiger charge is -2.36. The zero-order valence-corrected chi connectivity index (χ0v) is 25.5. The monoisotopic (exact) mass is 613 g/mol. The van der Waals surface area contributed by atoms with Crippen LogP contribution in [0.2, 0.25) is 0 Å². The van der Waals surface area contributed by atoms with Gasteiger partial charge in [-0.3, -0.25) is 34.1 Å². The van der Waals surface area contributed by atoms with Gasteiger partial charge in [0.15, 0.2) is 18.0 Å². The fourth-order valence-corrected chi connectivity index (χ4v) is 4.31. The first-order chi connectivity index (χ1) is 20.1. The van der Waals surface area contributed by atoms with Crippen LogP contribution in [0.1, 0.15) is 85.0 Å². The molecule has 0 bridgehead atoms. The molecule has 3 unspecified atom stereocenters. The molecule has 16 nitrogen and oxygen atoms in total. The standard InChI is InChI=1S/C27H51N9O7/c1-4-16(2)17(3)23(40)36(22(25(42)43)18(28)12-14-34-27(31)32)24(41)19(15-21(38)39)35-20(37)11-9-7-5-6-8-10-13-33-26(29)30/h16-19,22H,4-15,28H2,1-3H3,(H,35,37)(H,38,39)(H,42,43)(H4,29,30,33)(H4,31,32,34)/t16?,17?,18?,19-,22-/m0/s1. The number of hydrogen-bond acceptors (Lipinski definition) is 8. The number of imide groups is 1. The molecule has 0 rings (SSSR count). The molecule has 0 aromatic heterocycles. The molecular weight excluding hydrogens is 562 g/mol. The van der Waals surface area contributed by atoms with Crippen LogP contribution in [0.15, 0.2) is 9.98 Å². The number of nitrogens with two attached hydrogens (primary N) is 5. The molecular formula is C27H51N9O7. The van der Waals surface area contributed by atoms with Crippen LogP contribution in [0.4, 0.5) is 0 Å². The molecule has 0 radical (unpaired) electrons. The first-order valence-corrected chi connectivity index (χ1v) is 14.6. The summed E-state index contributed by atoms with van der Waals surface area (Å²) in [4.78, 5) is 72.3. The first kappa shape index (κ1) is 39.0. The second-order valence-electron chi connectivity index (χ2n) is 10.7. The van der Waals surface area contributed by atoms with Gasteiger partial charge in [-0.15, -0.1) is 0 Å². The Morgan fingerprint density at radius 2 is 1.35 bits per heavy atom. The van der Waals surface area contributed by atoms with Crippen molar-refractivity contribution >= 4 is 41.6 Å². The molecule has 0 fully saturated rings.